The van der Waals surface area contributed by atoms with Crippen LogP contribution in [-0.4, -0.2) is 58.2 Å². The lowest BCUT2D eigenvalue weighted by Crippen LogP contribution is -2.62. The van der Waals surface area contributed by atoms with Gasteiger partial charge in [0.2, 0.25) is 0 Å². The van der Waals surface area contributed by atoms with E-state index in [-0.39, 0.29) is 6.04 Å². The average molecular weight is 519 g/mol. The van der Waals surface area contributed by atoms with Crippen LogP contribution in [0.5, 0.6) is 0 Å². The maximum Gasteiger partial charge on any atom is 0.378 e. The molecule has 12 heteroatoms. The van der Waals surface area contributed by atoms with Crippen LogP contribution in [0.15, 0.2) is 0 Å². The van der Waals surface area contributed by atoms with Crippen LogP contribution in [0.3, 0.4) is 0 Å². The van der Waals surface area contributed by atoms with Crippen molar-refractivity contribution >= 4 is 34.5 Å². The highest BCUT2D eigenvalue weighted by molar-refractivity contribution is 7.00. The Kier molecular flexibility index (Phi) is 11.1. The molecule has 0 aliphatic carbocycles. The summed E-state index contributed by atoms with van der Waals surface area (Å²) in [6, 6.07) is -0.188. The molecule has 0 saturated carbocycles. The van der Waals surface area contributed by atoms with E-state index in [2.05, 4.69) is 39.3 Å². The van der Waals surface area contributed by atoms with Gasteiger partial charge < -0.3 is 0 Å². The first-order valence-electron chi connectivity index (χ1n) is 10.8. The molecular weight excluding hydrogens is 481 g/mol. The van der Waals surface area contributed by atoms with Crippen LogP contribution in [0.1, 0.15) is 26.2 Å². The second-order valence-electron chi connectivity index (χ2n) is 10.1. The van der Waals surface area contributed by atoms with Gasteiger partial charge in [-0.3, -0.25) is 0 Å². The van der Waals surface area contributed by atoms with Gasteiger partial charge in [0.1, 0.15) is 0 Å². The van der Waals surface area contributed by atoms with Crippen LogP contribution in [0.4, 0.5) is 35.1 Å². The fourth-order valence-corrected chi connectivity index (χ4v) is 35.2. The molecule has 0 aromatic heterocycles. The van der Waals surface area contributed by atoms with Crippen LogP contribution >= 0.6 is 0 Å². The van der Waals surface area contributed by atoms with E-state index in [1.54, 1.807) is 0 Å². The van der Waals surface area contributed by atoms with E-state index in [1.165, 1.54) is 0 Å². The second kappa shape index (κ2) is 11.0. The number of alkyl halides is 8. The van der Waals surface area contributed by atoms with E-state index in [0.717, 1.165) is 23.9 Å². The molecule has 0 amide bonds. The summed E-state index contributed by atoms with van der Waals surface area (Å²) in [4.78, 5) is 0. The van der Waals surface area contributed by atoms with Crippen molar-refractivity contribution in [3.63, 3.8) is 0 Å². The van der Waals surface area contributed by atoms with Gasteiger partial charge in [0.25, 0.3) is 0 Å². The summed E-state index contributed by atoms with van der Waals surface area (Å²) < 4.78 is 113. The Bertz CT molecular complexity index is 498. The van der Waals surface area contributed by atoms with Crippen molar-refractivity contribution < 1.29 is 35.1 Å². The monoisotopic (exact) mass is 518 g/mol. The molecule has 0 bridgehead atoms. The van der Waals surface area contributed by atoms with Crippen LogP contribution in [0.2, 0.25) is 62.3 Å². The Balaban J connectivity index is 5.92. The molecule has 30 heavy (non-hydrogen) atoms. The van der Waals surface area contributed by atoms with Crippen molar-refractivity contribution in [3.05, 3.63) is 0 Å². The summed E-state index contributed by atoms with van der Waals surface area (Å²) >= 11 is 0. The summed E-state index contributed by atoms with van der Waals surface area (Å²) in [6.07, 6.45) is -3.52. The second-order valence-corrected chi connectivity index (χ2v) is 26.9. The largest absolute Gasteiger partial charge is 0.378 e. The van der Waals surface area contributed by atoms with Crippen molar-refractivity contribution in [1.82, 2.24) is 0 Å². The van der Waals surface area contributed by atoms with Crippen LogP contribution < -0.4 is 0 Å². The van der Waals surface area contributed by atoms with Gasteiger partial charge >= 0.3 is 23.7 Å². The smallest absolute Gasteiger partial charge is 0.200 e. The van der Waals surface area contributed by atoms with Gasteiger partial charge in [-0.2, -0.15) is 35.1 Å². The Hall–Kier alpha value is 0.308. The topological polar surface area (TPSA) is 0 Å². The minimum Gasteiger partial charge on any atom is -0.200 e. The zero-order chi connectivity index (χ0) is 24.2. The fraction of sp³-hybridized carbons (Fsp3) is 1.00. The molecule has 0 saturated heterocycles. The molecule has 0 spiro atoms. The number of halogens is 8. The standard InChI is InChI=1S/C18H38F8Si4/c1-8-9-15(19,20)17(23,24)18(25,26)16(21,22)10-11-30(12-27(2)3,13-28(4)5)14-29(6)7/h27-29H,8-14H2,1-7H3. The van der Waals surface area contributed by atoms with Crippen LogP contribution in [0, 0.1) is 0 Å². The normalized spacial score (nSPS) is 15.0. The summed E-state index contributed by atoms with van der Waals surface area (Å²) in [7, 11) is -5.97. The zero-order valence-electron chi connectivity index (χ0n) is 19.2. The van der Waals surface area contributed by atoms with E-state index < -0.39 is 77.4 Å². The molecule has 0 fully saturated rings. The molecule has 0 nitrogen and oxygen atoms in total. The number of hydrogen-bond acceptors (Lipinski definition) is 0. The molecule has 0 atom stereocenters. The molecule has 0 aromatic carbocycles. The lowest BCUT2D eigenvalue weighted by Gasteiger charge is -2.40. The van der Waals surface area contributed by atoms with Gasteiger partial charge in [-0.05, 0) is 0 Å². The Morgan fingerprint density at radius 3 is 1.13 bits per heavy atom. The zero-order valence-corrected chi connectivity index (χ0v) is 23.7. The maximum atomic E-state index is 14.5. The summed E-state index contributed by atoms with van der Waals surface area (Å²) in [5.74, 6) is -22.6. The third-order valence-electron chi connectivity index (χ3n) is 5.37. The van der Waals surface area contributed by atoms with Gasteiger partial charge in [-0.15, -0.1) is 0 Å². The average Bonchev–Trinajstić information content (AvgIpc) is 2.50. The van der Waals surface area contributed by atoms with Crippen molar-refractivity contribution in [2.24, 2.45) is 0 Å². The Labute approximate surface area is 182 Å². The maximum absolute atomic E-state index is 14.5. The van der Waals surface area contributed by atoms with Crippen molar-refractivity contribution in [3.8, 4) is 0 Å². The molecular formula is C18H38F8Si4. The van der Waals surface area contributed by atoms with Crippen LogP contribution in [0.25, 0.3) is 0 Å². The predicted octanol–water partition coefficient (Wildman–Crippen LogP) is 7.24. The molecule has 0 aliphatic rings. The fourth-order valence-electron chi connectivity index (χ4n) is 4.66. The van der Waals surface area contributed by atoms with Gasteiger partial charge in [-0.1, -0.05) is 75.7 Å². The first kappa shape index (κ1) is 30.3. The predicted molar refractivity (Wildman–Crippen MR) is 121 cm³/mol. The first-order chi connectivity index (χ1) is 13.3. The molecule has 0 radical (unpaired) electrons. The molecule has 0 rings (SSSR count). The van der Waals surface area contributed by atoms with Crippen molar-refractivity contribution in [1.29, 1.82) is 0 Å². The minimum absolute atomic E-state index is 0.188. The molecule has 0 N–H and O–H groups in total. The van der Waals surface area contributed by atoms with Crippen LogP contribution in [-0.2, 0) is 0 Å². The van der Waals surface area contributed by atoms with Crippen molar-refractivity contribution in [2.75, 3.05) is 0 Å². The van der Waals surface area contributed by atoms with E-state index in [4.69, 9.17) is 0 Å². The molecule has 0 aliphatic heterocycles. The lowest BCUT2D eigenvalue weighted by molar-refractivity contribution is -0.367. The highest BCUT2D eigenvalue weighted by atomic mass is 28.4. The molecule has 0 aromatic rings. The summed E-state index contributed by atoms with van der Waals surface area (Å²) in [5.41, 5.74) is 2.44. The highest BCUT2D eigenvalue weighted by Crippen LogP contribution is 2.55. The van der Waals surface area contributed by atoms with Gasteiger partial charge in [0.15, 0.2) is 0 Å². The Morgan fingerprint density at radius 2 is 0.867 bits per heavy atom. The minimum atomic E-state index is -6.10. The van der Waals surface area contributed by atoms with Gasteiger partial charge in [0, 0.05) is 47.3 Å². The van der Waals surface area contributed by atoms with E-state index in [9.17, 15) is 35.1 Å². The van der Waals surface area contributed by atoms with Gasteiger partial charge in [0.05, 0.1) is 0 Å². The highest BCUT2D eigenvalue weighted by Gasteiger charge is 2.79. The van der Waals surface area contributed by atoms with E-state index >= 15 is 0 Å². The summed E-state index contributed by atoms with van der Waals surface area (Å²) in [6.45, 7) is 13.6. The molecule has 182 valence electrons. The van der Waals surface area contributed by atoms with Gasteiger partial charge in [-0.25, -0.2) is 0 Å². The Morgan fingerprint density at radius 1 is 0.567 bits per heavy atom. The quantitative estimate of drug-likeness (QED) is 0.168. The molecule has 0 heterocycles. The lowest BCUT2D eigenvalue weighted by atomic mass is 9.94. The van der Waals surface area contributed by atoms with E-state index in [0.29, 0.717) is 0 Å². The third kappa shape index (κ3) is 7.43. The summed E-state index contributed by atoms with van der Waals surface area (Å²) in [5, 5.41) is 0. The number of rotatable bonds is 14. The molecule has 0 unspecified atom stereocenters. The van der Waals surface area contributed by atoms with E-state index in [1.807, 2.05) is 0 Å². The van der Waals surface area contributed by atoms with Crippen molar-refractivity contribution in [2.45, 2.75) is 112 Å². The third-order valence-corrected chi connectivity index (χ3v) is 26.9. The number of hydrogen-bond donors (Lipinski definition) is 0. The first-order valence-corrected chi connectivity index (χ1v) is 23.0. The SMILES string of the molecule is CCCC(F)(F)C(F)(F)C(F)(F)C(F)(F)CC[Si](C[SiH](C)C)(C[SiH](C)C)C[SiH](C)C.